The summed E-state index contributed by atoms with van der Waals surface area (Å²) in [6, 6.07) is 0. The van der Waals surface area contributed by atoms with Crippen LogP contribution < -0.4 is 5.32 Å². The van der Waals surface area contributed by atoms with Crippen molar-refractivity contribution in [3.8, 4) is 0 Å². The van der Waals surface area contributed by atoms with E-state index in [1.807, 2.05) is 0 Å². The Morgan fingerprint density at radius 1 is 1.19 bits per heavy atom. The summed E-state index contributed by atoms with van der Waals surface area (Å²) in [7, 11) is 0. The molecule has 0 radical (unpaired) electrons. The third kappa shape index (κ3) is 3.88. The summed E-state index contributed by atoms with van der Waals surface area (Å²) in [6.45, 7) is 7.96. The number of hydrogen-bond acceptors (Lipinski definition) is 2. The van der Waals surface area contributed by atoms with Crippen LogP contribution in [0, 0.1) is 5.92 Å². The summed E-state index contributed by atoms with van der Waals surface area (Å²) >= 11 is 0. The van der Waals surface area contributed by atoms with E-state index in [9.17, 15) is 0 Å². The van der Waals surface area contributed by atoms with E-state index in [1.165, 1.54) is 75.1 Å². The van der Waals surface area contributed by atoms with Crippen molar-refractivity contribution in [3.05, 3.63) is 17.2 Å². The van der Waals surface area contributed by atoms with Crippen molar-refractivity contribution in [2.24, 2.45) is 5.92 Å². The molecule has 1 fully saturated rings. The van der Waals surface area contributed by atoms with Crippen LogP contribution in [0.3, 0.4) is 0 Å². The normalized spacial score (nSPS) is 18.2. The lowest BCUT2D eigenvalue weighted by Gasteiger charge is -2.16. The van der Waals surface area contributed by atoms with Crippen LogP contribution in [0.25, 0.3) is 0 Å². The second-order valence-corrected chi connectivity index (χ2v) is 7.31. The topological polar surface area (TPSA) is 29.9 Å². The van der Waals surface area contributed by atoms with E-state index in [0.29, 0.717) is 0 Å². The summed E-state index contributed by atoms with van der Waals surface area (Å²) in [4.78, 5) is 4.95. The first-order chi connectivity index (χ1) is 10.3. The predicted octanol–water partition coefficient (Wildman–Crippen LogP) is 4.01. The van der Waals surface area contributed by atoms with Gasteiger partial charge in [0.15, 0.2) is 0 Å². The van der Waals surface area contributed by atoms with Crippen molar-refractivity contribution in [2.45, 2.75) is 84.2 Å². The fourth-order valence-corrected chi connectivity index (χ4v) is 3.47. The molecule has 1 aliphatic heterocycles. The smallest absolute Gasteiger partial charge is 0.112 e. The molecule has 0 spiro atoms. The average Bonchev–Trinajstić information content (AvgIpc) is 3.25. The minimum Gasteiger partial charge on any atom is -0.331 e. The third-order valence-corrected chi connectivity index (χ3v) is 4.87. The Morgan fingerprint density at radius 2 is 2.00 bits per heavy atom. The minimum absolute atomic E-state index is 0.775. The first-order valence-corrected chi connectivity index (χ1v) is 9.04. The molecule has 1 aliphatic carbocycles. The Hall–Kier alpha value is -0.830. The molecule has 2 aliphatic rings. The van der Waals surface area contributed by atoms with Gasteiger partial charge < -0.3 is 9.88 Å². The molecule has 1 aromatic rings. The quantitative estimate of drug-likeness (QED) is 0.733. The molecule has 1 aromatic heterocycles. The summed E-state index contributed by atoms with van der Waals surface area (Å²) in [5, 5.41) is 3.46. The molecule has 0 bridgehead atoms. The standard InChI is InChI=1S/C18H31N3/c1-14(2)7-5-3-4-6-12-21-17-10-11-19-13-16(17)20-18(21)15-8-9-15/h14-15,19H,3-13H2,1-2H3. The Labute approximate surface area is 129 Å². The maximum absolute atomic E-state index is 4.95. The summed E-state index contributed by atoms with van der Waals surface area (Å²) < 4.78 is 2.59. The second-order valence-electron chi connectivity index (χ2n) is 7.31. The van der Waals surface area contributed by atoms with Crippen molar-refractivity contribution >= 4 is 0 Å². The molecule has 3 rings (SSSR count). The number of aromatic nitrogens is 2. The van der Waals surface area contributed by atoms with Crippen LogP contribution >= 0.6 is 0 Å². The largest absolute Gasteiger partial charge is 0.331 e. The number of rotatable bonds is 8. The first-order valence-electron chi connectivity index (χ1n) is 9.04. The Kier molecular flexibility index (Phi) is 4.99. The second kappa shape index (κ2) is 6.95. The van der Waals surface area contributed by atoms with Gasteiger partial charge in [0.1, 0.15) is 5.82 Å². The van der Waals surface area contributed by atoms with Crippen LogP contribution in [-0.2, 0) is 19.5 Å². The minimum atomic E-state index is 0.775. The molecule has 0 unspecified atom stereocenters. The molecule has 118 valence electrons. The maximum atomic E-state index is 4.95. The molecule has 0 saturated heterocycles. The molecule has 3 nitrogen and oxygen atoms in total. The van der Waals surface area contributed by atoms with Crippen LogP contribution in [0.2, 0.25) is 0 Å². The first kappa shape index (κ1) is 15.1. The summed E-state index contributed by atoms with van der Waals surface area (Å²) in [6.07, 6.45) is 10.8. The van der Waals surface area contributed by atoms with E-state index in [2.05, 4.69) is 23.7 Å². The van der Waals surface area contributed by atoms with Crippen molar-refractivity contribution < 1.29 is 0 Å². The summed E-state index contributed by atoms with van der Waals surface area (Å²) in [5.74, 6) is 3.04. The van der Waals surface area contributed by atoms with Crippen molar-refractivity contribution in [3.63, 3.8) is 0 Å². The van der Waals surface area contributed by atoms with Gasteiger partial charge in [0.25, 0.3) is 0 Å². The zero-order valence-corrected chi connectivity index (χ0v) is 13.8. The Balaban J connectivity index is 1.53. The van der Waals surface area contributed by atoms with Gasteiger partial charge in [0.2, 0.25) is 0 Å². The van der Waals surface area contributed by atoms with Gasteiger partial charge in [-0.3, -0.25) is 0 Å². The zero-order chi connectivity index (χ0) is 14.7. The molecule has 3 heteroatoms. The fraction of sp³-hybridized carbons (Fsp3) is 0.833. The molecular weight excluding hydrogens is 258 g/mol. The van der Waals surface area contributed by atoms with Gasteiger partial charge in [0, 0.05) is 37.7 Å². The van der Waals surface area contributed by atoms with Crippen molar-refractivity contribution in [1.82, 2.24) is 14.9 Å². The number of unbranched alkanes of at least 4 members (excludes halogenated alkanes) is 3. The van der Waals surface area contributed by atoms with Crippen LogP contribution in [0.15, 0.2) is 0 Å². The highest BCUT2D eigenvalue weighted by Crippen LogP contribution is 2.40. The van der Waals surface area contributed by atoms with E-state index in [0.717, 1.165) is 24.9 Å². The van der Waals surface area contributed by atoms with Crippen LogP contribution in [0.5, 0.6) is 0 Å². The average molecular weight is 289 g/mol. The fourth-order valence-electron chi connectivity index (χ4n) is 3.47. The highest BCUT2D eigenvalue weighted by atomic mass is 15.1. The third-order valence-electron chi connectivity index (χ3n) is 4.87. The van der Waals surface area contributed by atoms with E-state index in [-0.39, 0.29) is 0 Å². The van der Waals surface area contributed by atoms with Gasteiger partial charge in [-0.05, 0) is 25.2 Å². The molecule has 2 heterocycles. The van der Waals surface area contributed by atoms with E-state index < -0.39 is 0 Å². The lowest BCUT2D eigenvalue weighted by molar-refractivity contribution is 0.494. The Morgan fingerprint density at radius 3 is 2.76 bits per heavy atom. The van der Waals surface area contributed by atoms with Gasteiger partial charge in [-0.15, -0.1) is 0 Å². The molecule has 1 N–H and O–H groups in total. The van der Waals surface area contributed by atoms with Crippen LogP contribution in [-0.4, -0.2) is 16.1 Å². The van der Waals surface area contributed by atoms with Crippen LogP contribution in [0.1, 0.15) is 81.9 Å². The monoisotopic (exact) mass is 289 g/mol. The molecule has 0 amide bonds. The number of fused-ring (bicyclic) bond motifs is 1. The van der Waals surface area contributed by atoms with Gasteiger partial charge in [0.05, 0.1) is 5.69 Å². The SMILES string of the molecule is CC(C)CCCCCCn1c(C2CC2)nc2c1CCNC2. The predicted molar refractivity (Wildman–Crippen MR) is 87.5 cm³/mol. The van der Waals surface area contributed by atoms with Gasteiger partial charge in [-0.2, -0.15) is 0 Å². The van der Waals surface area contributed by atoms with Gasteiger partial charge >= 0.3 is 0 Å². The molecule has 1 saturated carbocycles. The molecule has 0 aromatic carbocycles. The number of nitrogens with zero attached hydrogens (tertiary/aromatic N) is 2. The lowest BCUT2D eigenvalue weighted by Crippen LogP contribution is -2.25. The lowest BCUT2D eigenvalue weighted by atomic mass is 10.0. The highest BCUT2D eigenvalue weighted by molar-refractivity contribution is 5.24. The Bertz CT molecular complexity index is 457. The summed E-state index contributed by atoms with van der Waals surface area (Å²) in [5.41, 5.74) is 2.88. The van der Waals surface area contributed by atoms with Gasteiger partial charge in [-0.25, -0.2) is 4.98 Å². The maximum Gasteiger partial charge on any atom is 0.112 e. The van der Waals surface area contributed by atoms with E-state index >= 15 is 0 Å². The molecular formula is C18H31N3. The van der Waals surface area contributed by atoms with Gasteiger partial charge in [-0.1, -0.05) is 39.5 Å². The van der Waals surface area contributed by atoms with Crippen molar-refractivity contribution in [2.75, 3.05) is 6.54 Å². The van der Waals surface area contributed by atoms with Crippen molar-refractivity contribution in [1.29, 1.82) is 0 Å². The highest BCUT2D eigenvalue weighted by Gasteiger charge is 2.31. The van der Waals surface area contributed by atoms with E-state index in [1.54, 1.807) is 0 Å². The molecule has 21 heavy (non-hydrogen) atoms. The molecule has 0 atom stereocenters. The number of nitrogens with one attached hydrogen (secondary N) is 1. The zero-order valence-electron chi connectivity index (χ0n) is 13.8. The van der Waals surface area contributed by atoms with Crippen LogP contribution in [0.4, 0.5) is 0 Å². The number of imidazole rings is 1. The number of hydrogen-bond donors (Lipinski definition) is 1. The van der Waals surface area contributed by atoms with E-state index in [4.69, 9.17) is 4.98 Å².